The van der Waals surface area contributed by atoms with Crippen molar-refractivity contribution in [3.05, 3.63) is 27.7 Å². The molecule has 0 amide bonds. The van der Waals surface area contributed by atoms with Gasteiger partial charge in [0.2, 0.25) is 5.13 Å². The number of halogens is 1. The summed E-state index contributed by atoms with van der Waals surface area (Å²) in [6.45, 7) is 2.00. The van der Waals surface area contributed by atoms with Crippen LogP contribution < -0.4 is 10.1 Å². The number of hydrogen-bond acceptors (Lipinski definition) is 5. The Labute approximate surface area is 106 Å². The molecule has 0 saturated heterocycles. The molecular weight excluding hydrogens is 290 g/mol. The van der Waals surface area contributed by atoms with E-state index in [-0.39, 0.29) is 0 Å². The molecule has 0 aliphatic carbocycles. The Bertz CT molecular complexity index is 501. The molecule has 2 rings (SSSR count). The van der Waals surface area contributed by atoms with Crippen LogP contribution in [-0.2, 0) is 0 Å². The number of hydrogen-bond donors (Lipinski definition) is 1. The van der Waals surface area contributed by atoms with Crippen molar-refractivity contribution in [2.45, 2.75) is 6.92 Å². The highest BCUT2D eigenvalue weighted by Gasteiger charge is 2.03. The number of rotatable bonds is 3. The average Bonchev–Trinajstić information content (AvgIpc) is 2.64. The minimum Gasteiger partial charge on any atom is -0.496 e. The number of nitrogens with one attached hydrogen (secondary N) is 1. The second kappa shape index (κ2) is 4.80. The molecule has 0 bridgehead atoms. The topological polar surface area (TPSA) is 47.0 Å². The first kappa shape index (κ1) is 11.3. The van der Waals surface area contributed by atoms with Gasteiger partial charge in [-0.2, -0.15) is 0 Å². The van der Waals surface area contributed by atoms with Gasteiger partial charge < -0.3 is 10.1 Å². The maximum atomic E-state index is 5.19. The molecule has 0 saturated carbocycles. The summed E-state index contributed by atoms with van der Waals surface area (Å²) in [7, 11) is 1.66. The third-order valence-electron chi connectivity index (χ3n) is 2.05. The maximum absolute atomic E-state index is 5.19. The number of methoxy groups -OCH3 is 1. The van der Waals surface area contributed by atoms with E-state index in [0.29, 0.717) is 0 Å². The normalized spacial score (nSPS) is 10.2. The van der Waals surface area contributed by atoms with E-state index >= 15 is 0 Å². The number of nitrogens with zero attached hydrogens (tertiary/aromatic N) is 2. The zero-order valence-corrected chi connectivity index (χ0v) is 11.2. The monoisotopic (exact) mass is 299 g/mol. The lowest BCUT2D eigenvalue weighted by molar-refractivity contribution is 0.412. The van der Waals surface area contributed by atoms with Crippen LogP contribution in [0.25, 0.3) is 0 Å². The lowest BCUT2D eigenvalue weighted by atomic mass is 10.2. The molecule has 0 spiro atoms. The Hall–Kier alpha value is -1.14. The lowest BCUT2D eigenvalue weighted by Crippen LogP contribution is -1.92. The molecular formula is C10H10BrN3OS. The van der Waals surface area contributed by atoms with Crippen molar-refractivity contribution in [1.29, 1.82) is 0 Å². The van der Waals surface area contributed by atoms with Gasteiger partial charge in [-0.15, -0.1) is 10.2 Å². The predicted octanol–water partition coefficient (Wildman–Crippen LogP) is 3.36. The van der Waals surface area contributed by atoms with Gasteiger partial charge in [-0.3, -0.25) is 0 Å². The van der Waals surface area contributed by atoms with E-state index in [1.165, 1.54) is 11.3 Å². The van der Waals surface area contributed by atoms with Gasteiger partial charge in [0.05, 0.1) is 7.11 Å². The summed E-state index contributed by atoms with van der Waals surface area (Å²) < 4.78 is 5.96. The van der Waals surface area contributed by atoms with Crippen LogP contribution in [0.4, 0.5) is 10.8 Å². The number of aryl methyl sites for hydroxylation is 1. The molecule has 16 heavy (non-hydrogen) atoms. The van der Waals surface area contributed by atoms with E-state index in [1.807, 2.05) is 25.1 Å². The molecule has 84 valence electrons. The fraction of sp³-hybridized carbons (Fsp3) is 0.200. The molecule has 0 radical (unpaired) electrons. The van der Waals surface area contributed by atoms with E-state index in [1.54, 1.807) is 7.11 Å². The van der Waals surface area contributed by atoms with Gasteiger partial charge >= 0.3 is 0 Å². The van der Waals surface area contributed by atoms with Gasteiger partial charge in [-0.05, 0) is 46.6 Å². The second-order valence-corrected chi connectivity index (χ2v) is 5.42. The molecule has 0 aliphatic heterocycles. The van der Waals surface area contributed by atoms with Gasteiger partial charge in [0, 0.05) is 5.69 Å². The van der Waals surface area contributed by atoms with Crippen LogP contribution in [-0.4, -0.2) is 17.3 Å². The standard InChI is InChI=1S/C10H10BrN3OS/c1-6-5-7(3-4-8(6)15-2)12-10-14-13-9(11)16-10/h3-5H,1-2H3,(H,12,14). The molecule has 0 fully saturated rings. The first-order valence-electron chi connectivity index (χ1n) is 4.59. The van der Waals surface area contributed by atoms with Crippen LogP contribution in [0, 0.1) is 6.92 Å². The lowest BCUT2D eigenvalue weighted by Gasteiger charge is -2.07. The Morgan fingerprint density at radius 3 is 2.75 bits per heavy atom. The molecule has 1 N–H and O–H groups in total. The third kappa shape index (κ3) is 2.51. The summed E-state index contributed by atoms with van der Waals surface area (Å²) in [5.41, 5.74) is 2.05. The highest BCUT2D eigenvalue weighted by molar-refractivity contribution is 9.11. The van der Waals surface area contributed by atoms with Crippen LogP contribution >= 0.6 is 27.3 Å². The third-order valence-corrected chi connectivity index (χ3v) is 3.32. The summed E-state index contributed by atoms with van der Waals surface area (Å²) in [4.78, 5) is 0. The average molecular weight is 300 g/mol. The number of anilines is 2. The largest absolute Gasteiger partial charge is 0.496 e. The van der Waals surface area contributed by atoms with Crippen LogP contribution in [0.3, 0.4) is 0 Å². The number of aromatic nitrogens is 2. The van der Waals surface area contributed by atoms with Crippen molar-refractivity contribution < 1.29 is 4.74 Å². The molecule has 1 aromatic carbocycles. The minimum atomic E-state index is 0.761. The summed E-state index contributed by atoms with van der Waals surface area (Å²) >= 11 is 4.72. The number of ether oxygens (including phenoxy) is 1. The van der Waals surface area contributed by atoms with Crippen LogP contribution in [0.15, 0.2) is 22.1 Å². The van der Waals surface area contributed by atoms with Crippen LogP contribution in [0.2, 0.25) is 0 Å². The fourth-order valence-corrected chi connectivity index (χ4v) is 2.37. The SMILES string of the molecule is COc1ccc(Nc2nnc(Br)s2)cc1C. The summed E-state index contributed by atoms with van der Waals surface area (Å²) in [5, 5.41) is 11.8. The van der Waals surface area contributed by atoms with Gasteiger partial charge in [-0.1, -0.05) is 11.3 Å². The van der Waals surface area contributed by atoms with Crippen molar-refractivity contribution in [1.82, 2.24) is 10.2 Å². The van der Waals surface area contributed by atoms with E-state index in [4.69, 9.17) is 4.74 Å². The summed E-state index contributed by atoms with van der Waals surface area (Å²) in [6.07, 6.45) is 0. The van der Waals surface area contributed by atoms with Crippen molar-refractivity contribution in [2.75, 3.05) is 12.4 Å². The van der Waals surface area contributed by atoms with E-state index < -0.39 is 0 Å². The Balaban J connectivity index is 2.19. The first-order chi connectivity index (χ1) is 7.69. The Morgan fingerprint density at radius 2 is 2.19 bits per heavy atom. The highest BCUT2D eigenvalue weighted by Crippen LogP contribution is 2.26. The molecule has 4 nitrogen and oxygen atoms in total. The fourth-order valence-electron chi connectivity index (χ4n) is 1.34. The second-order valence-electron chi connectivity index (χ2n) is 3.17. The summed E-state index contributed by atoms with van der Waals surface area (Å²) in [5.74, 6) is 0.879. The minimum absolute atomic E-state index is 0.761. The van der Waals surface area contributed by atoms with E-state index in [2.05, 4.69) is 31.4 Å². The van der Waals surface area contributed by atoms with Crippen molar-refractivity contribution >= 4 is 38.1 Å². The highest BCUT2D eigenvalue weighted by atomic mass is 79.9. The first-order valence-corrected chi connectivity index (χ1v) is 6.20. The Morgan fingerprint density at radius 1 is 1.38 bits per heavy atom. The Kier molecular flexibility index (Phi) is 3.40. The maximum Gasteiger partial charge on any atom is 0.210 e. The van der Waals surface area contributed by atoms with Crippen molar-refractivity contribution in [2.24, 2.45) is 0 Å². The van der Waals surface area contributed by atoms with Crippen molar-refractivity contribution in [3.63, 3.8) is 0 Å². The van der Waals surface area contributed by atoms with E-state index in [9.17, 15) is 0 Å². The van der Waals surface area contributed by atoms with Crippen LogP contribution in [0.1, 0.15) is 5.56 Å². The van der Waals surface area contributed by atoms with Gasteiger partial charge in [0.15, 0.2) is 3.92 Å². The summed E-state index contributed by atoms with van der Waals surface area (Å²) in [6, 6.07) is 5.88. The predicted molar refractivity (Wildman–Crippen MR) is 68.6 cm³/mol. The molecule has 0 aliphatic rings. The molecule has 0 unspecified atom stereocenters. The van der Waals surface area contributed by atoms with Crippen LogP contribution in [0.5, 0.6) is 5.75 Å². The zero-order valence-electron chi connectivity index (χ0n) is 8.82. The molecule has 1 aromatic heterocycles. The molecule has 2 aromatic rings. The zero-order chi connectivity index (χ0) is 11.5. The molecule has 0 atom stereocenters. The van der Waals surface area contributed by atoms with Crippen molar-refractivity contribution in [3.8, 4) is 5.75 Å². The van der Waals surface area contributed by atoms with Gasteiger partial charge in [0.25, 0.3) is 0 Å². The quantitative estimate of drug-likeness (QED) is 0.944. The molecule has 6 heteroatoms. The number of benzene rings is 1. The molecule has 1 heterocycles. The smallest absolute Gasteiger partial charge is 0.210 e. The van der Waals surface area contributed by atoms with Gasteiger partial charge in [0.1, 0.15) is 5.75 Å². The van der Waals surface area contributed by atoms with E-state index in [0.717, 1.165) is 26.0 Å². The van der Waals surface area contributed by atoms with Gasteiger partial charge in [-0.25, -0.2) is 0 Å².